The second-order valence-corrected chi connectivity index (χ2v) is 6.65. The monoisotopic (exact) mass is 259 g/mol. The molecule has 0 radical (unpaired) electrons. The predicted molar refractivity (Wildman–Crippen MR) is 73.4 cm³/mol. The summed E-state index contributed by atoms with van der Waals surface area (Å²) in [7, 11) is 1.45. The molecule has 2 atom stereocenters. The standard InChI is InChI=1S/C13H25NO2S/c1-5-14-12-10(6-8-13(12,2)3)17-9-7-11(15)16-4/h10,12,14H,5-9H2,1-4H3. The first-order chi connectivity index (χ1) is 8.01. The van der Waals surface area contributed by atoms with E-state index in [0.29, 0.717) is 23.1 Å². The van der Waals surface area contributed by atoms with Crippen molar-refractivity contribution in [2.75, 3.05) is 19.4 Å². The average Bonchev–Trinajstić information content (AvgIpc) is 2.56. The molecule has 17 heavy (non-hydrogen) atoms. The third kappa shape index (κ3) is 4.18. The van der Waals surface area contributed by atoms with Crippen molar-refractivity contribution >= 4 is 17.7 Å². The van der Waals surface area contributed by atoms with Gasteiger partial charge in [-0.3, -0.25) is 4.79 Å². The van der Waals surface area contributed by atoms with Crippen LogP contribution in [0.5, 0.6) is 0 Å². The van der Waals surface area contributed by atoms with Crippen molar-refractivity contribution < 1.29 is 9.53 Å². The van der Waals surface area contributed by atoms with Crippen molar-refractivity contribution in [2.24, 2.45) is 5.41 Å². The summed E-state index contributed by atoms with van der Waals surface area (Å²) in [6.07, 6.45) is 3.04. The van der Waals surface area contributed by atoms with E-state index in [-0.39, 0.29) is 5.97 Å². The molecule has 1 N–H and O–H groups in total. The van der Waals surface area contributed by atoms with Crippen molar-refractivity contribution in [3.63, 3.8) is 0 Å². The van der Waals surface area contributed by atoms with Crippen LogP contribution in [0.4, 0.5) is 0 Å². The van der Waals surface area contributed by atoms with Crippen LogP contribution in [0.15, 0.2) is 0 Å². The van der Waals surface area contributed by atoms with E-state index in [4.69, 9.17) is 0 Å². The van der Waals surface area contributed by atoms with Crippen LogP contribution in [0, 0.1) is 5.41 Å². The average molecular weight is 259 g/mol. The lowest BCUT2D eigenvalue weighted by Gasteiger charge is -2.31. The minimum absolute atomic E-state index is 0.102. The summed E-state index contributed by atoms with van der Waals surface area (Å²) in [6, 6.07) is 0.565. The topological polar surface area (TPSA) is 38.3 Å². The fourth-order valence-corrected chi connectivity index (χ4v) is 4.07. The van der Waals surface area contributed by atoms with Gasteiger partial charge >= 0.3 is 5.97 Å². The van der Waals surface area contributed by atoms with E-state index < -0.39 is 0 Å². The molecule has 0 aromatic heterocycles. The minimum atomic E-state index is -0.102. The Morgan fingerprint density at radius 2 is 2.24 bits per heavy atom. The maximum atomic E-state index is 11.1. The highest BCUT2D eigenvalue weighted by Crippen LogP contribution is 2.42. The summed E-state index contributed by atoms with van der Waals surface area (Å²) >= 11 is 1.91. The molecular formula is C13H25NO2S. The Morgan fingerprint density at radius 3 is 2.82 bits per heavy atom. The summed E-state index contributed by atoms with van der Waals surface area (Å²) in [5.74, 6) is 0.768. The van der Waals surface area contributed by atoms with Crippen LogP contribution in [0.2, 0.25) is 0 Å². The van der Waals surface area contributed by atoms with Gasteiger partial charge in [-0.25, -0.2) is 0 Å². The van der Waals surface area contributed by atoms with Gasteiger partial charge in [0.2, 0.25) is 0 Å². The Balaban J connectivity index is 2.39. The number of hydrogen-bond acceptors (Lipinski definition) is 4. The first-order valence-corrected chi connectivity index (χ1v) is 7.48. The molecule has 1 rings (SSSR count). The molecule has 0 saturated heterocycles. The molecule has 1 fully saturated rings. The SMILES string of the molecule is CCNC1C(SCCC(=O)OC)CCC1(C)C. The van der Waals surface area contributed by atoms with E-state index in [1.807, 2.05) is 11.8 Å². The fourth-order valence-electron chi connectivity index (χ4n) is 2.54. The van der Waals surface area contributed by atoms with Crippen LogP contribution in [0.3, 0.4) is 0 Å². The minimum Gasteiger partial charge on any atom is -0.469 e. The number of carbonyl (C=O) groups excluding carboxylic acids is 1. The van der Waals surface area contributed by atoms with E-state index in [2.05, 4.69) is 30.8 Å². The van der Waals surface area contributed by atoms with Crippen molar-refractivity contribution in [1.29, 1.82) is 0 Å². The van der Waals surface area contributed by atoms with Gasteiger partial charge in [0.1, 0.15) is 0 Å². The lowest BCUT2D eigenvalue weighted by molar-refractivity contribution is -0.140. The second kappa shape index (κ2) is 6.64. The lowest BCUT2D eigenvalue weighted by atomic mass is 9.87. The molecular weight excluding hydrogens is 234 g/mol. The van der Waals surface area contributed by atoms with Crippen LogP contribution in [-0.4, -0.2) is 36.7 Å². The molecule has 2 unspecified atom stereocenters. The number of rotatable bonds is 6. The normalized spacial score (nSPS) is 27.1. The smallest absolute Gasteiger partial charge is 0.306 e. The molecule has 1 aliphatic carbocycles. The van der Waals surface area contributed by atoms with Gasteiger partial charge in [0.05, 0.1) is 13.5 Å². The molecule has 0 bridgehead atoms. The van der Waals surface area contributed by atoms with Crippen molar-refractivity contribution in [2.45, 2.75) is 51.3 Å². The Kier molecular flexibility index (Phi) is 5.80. The maximum absolute atomic E-state index is 11.1. The summed E-state index contributed by atoms with van der Waals surface area (Å²) < 4.78 is 4.66. The summed E-state index contributed by atoms with van der Waals surface area (Å²) in [6.45, 7) is 7.84. The van der Waals surface area contributed by atoms with Gasteiger partial charge in [0.15, 0.2) is 0 Å². The van der Waals surface area contributed by atoms with Crippen molar-refractivity contribution in [1.82, 2.24) is 5.32 Å². The van der Waals surface area contributed by atoms with Crippen molar-refractivity contribution in [3.05, 3.63) is 0 Å². The molecule has 1 saturated carbocycles. The first-order valence-electron chi connectivity index (χ1n) is 6.43. The van der Waals surface area contributed by atoms with Crippen LogP contribution in [0.25, 0.3) is 0 Å². The van der Waals surface area contributed by atoms with Gasteiger partial charge in [-0.2, -0.15) is 11.8 Å². The van der Waals surface area contributed by atoms with Gasteiger partial charge in [0.25, 0.3) is 0 Å². The van der Waals surface area contributed by atoms with Crippen LogP contribution >= 0.6 is 11.8 Å². The highest BCUT2D eigenvalue weighted by atomic mass is 32.2. The molecule has 0 spiro atoms. The summed E-state index contributed by atoms with van der Waals surface area (Å²) in [5.41, 5.74) is 0.374. The Bertz CT molecular complexity index is 256. The number of methoxy groups -OCH3 is 1. The molecule has 0 aromatic carbocycles. The summed E-state index contributed by atoms with van der Waals surface area (Å²) in [5, 5.41) is 4.23. The van der Waals surface area contributed by atoms with E-state index >= 15 is 0 Å². The number of hydrogen-bond donors (Lipinski definition) is 1. The van der Waals surface area contributed by atoms with E-state index in [1.165, 1.54) is 20.0 Å². The summed E-state index contributed by atoms with van der Waals surface area (Å²) in [4.78, 5) is 11.1. The second-order valence-electron chi connectivity index (χ2n) is 5.30. The first kappa shape index (κ1) is 14.8. The molecule has 0 aromatic rings. The van der Waals surface area contributed by atoms with E-state index in [9.17, 15) is 4.79 Å². The Labute approximate surface area is 109 Å². The maximum Gasteiger partial charge on any atom is 0.306 e. The van der Waals surface area contributed by atoms with Gasteiger partial charge in [-0.15, -0.1) is 0 Å². The largest absolute Gasteiger partial charge is 0.469 e. The number of carbonyl (C=O) groups is 1. The zero-order valence-electron chi connectivity index (χ0n) is 11.4. The quantitative estimate of drug-likeness (QED) is 0.744. The molecule has 3 nitrogen and oxygen atoms in total. The zero-order chi connectivity index (χ0) is 12.9. The van der Waals surface area contributed by atoms with Crippen LogP contribution in [0.1, 0.15) is 40.0 Å². The fraction of sp³-hybridized carbons (Fsp3) is 0.923. The Morgan fingerprint density at radius 1 is 1.53 bits per heavy atom. The van der Waals surface area contributed by atoms with E-state index in [0.717, 1.165) is 12.3 Å². The van der Waals surface area contributed by atoms with Gasteiger partial charge in [-0.05, 0) is 24.8 Å². The number of nitrogens with one attached hydrogen (secondary N) is 1. The number of esters is 1. The zero-order valence-corrected chi connectivity index (χ0v) is 12.2. The van der Waals surface area contributed by atoms with Gasteiger partial charge in [0, 0.05) is 17.0 Å². The molecule has 4 heteroatoms. The van der Waals surface area contributed by atoms with Gasteiger partial charge in [-0.1, -0.05) is 20.8 Å². The highest BCUT2D eigenvalue weighted by Gasteiger charge is 2.41. The van der Waals surface area contributed by atoms with E-state index in [1.54, 1.807) is 0 Å². The molecule has 0 aliphatic heterocycles. The molecule has 0 amide bonds. The number of ether oxygens (including phenoxy) is 1. The van der Waals surface area contributed by atoms with Crippen LogP contribution < -0.4 is 5.32 Å². The van der Waals surface area contributed by atoms with Crippen molar-refractivity contribution in [3.8, 4) is 0 Å². The van der Waals surface area contributed by atoms with Gasteiger partial charge < -0.3 is 10.1 Å². The Hall–Kier alpha value is -0.220. The lowest BCUT2D eigenvalue weighted by Crippen LogP contribution is -2.43. The highest BCUT2D eigenvalue weighted by molar-refractivity contribution is 8.00. The molecule has 0 heterocycles. The molecule has 100 valence electrons. The third-order valence-electron chi connectivity index (χ3n) is 3.58. The predicted octanol–water partition coefficient (Wildman–Crippen LogP) is 2.45. The number of thioether (sulfide) groups is 1. The molecule has 1 aliphatic rings. The van der Waals surface area contributed by atoms with Crippen LogP contribution in [-0.2, 0) is 9.53 Å². The third-order valence-corrected chi connectivity index (χ3v) is 4.95.